The van der Waals surface area contributed by atoms with Crippen LogP contribution in [0.25, 0.3) is 38.3 Å². The van der Waals surface area contributed by atoms with Gasteiger partial charge in [-0.3, -0.25) is 27.8 Å². The first-order chi connectivity index (χ1) is 39.0. The largest absolute Gasteiger partial charge is 0.505 e. The maximum absolute atomic E-state index is 12.7. The number of nitrogens with one attached hydrogen (secondary N) is 1. The molecule has 83 heavy (non-hydrogen) atoms. The first kappa shape index (κ1) is 58.1. The quantitative estimate of drug-likeness (QED) is 0.0329. The molecule has 8 aromatic carbocycles. The van der Waals surface area contributed by atoms with Crippen LogP contribution in [0.4, 0.5) is 51.2 Å². The second kappa shape index (κ2) is 22.4. The molecule has 1 heterocycles. The highest BCUT2D eigenvalue weighted by Crippen LogP contribution is 2.43. The number of aryl methyl sites for hydroxylation is 3. The van der Waals surface area contributed by atoms with E-state index in [-0.39, 0.29) is 68.2 Å². The Bertz CT molecular complexity index is 4820. The van der Waals surface area contributed by atoms with Gasteiger partial charge in [-0.25, -0.2) is 0 Å². The number of benzene rings is 8. The Labute approximate surface area is 469 Å². The van der Waals surface area contributed by atoms with Gasteiger partial charge in [-0.15, -0.1) is 20.1 Å². The van der Waals surface area contributed by atoms with Gasteiger partial charge in [0.25, 0.3) is 40.5 Å². The predicted octanol–water partition coefficient (Wildman–Crippen LogP) is 11.8. The Balaban J connectivity index is 0.904. The minimum atomic E-state index is -5.04. The Hall–Kier alpha value is -9.54. The fourth-order valence-electron chi connectivity index (χ4n) is 8.17. The molecule has 7 N–H and O–H groups in total. The number of phenolic OH excluding ortho intramolecular Hbond substituents is 1. The summed E-state index contributed by atoms with van der Waals surface area (Å²) in [6.07, 6.45) is -0.518. The number of hydrogen-bond acceptors (Lipinski definition) is 21. The summed E-state index contributed by atoms with van der Waals surface area (Å²) in [5.41, 5.74) is 2.99. The van der Waals surface area contributed by atoms with E-state index in [1.54, 1.807) is 75.4 Å². The molecule has 28 nitrogen and oxygen atoms in total. The predicted molar refractivity (Wildman–Crippen MR) is 297 cm³/mol. The molecule has 424 valence electrons. The van der Waals surface area contributed by atoms with Gasteiger partial charge in [-0.05, 0) is 158 Å². The van der Waals surface area contributed by atoms with Crippen LogP contribution in [-0.2, 0) is 50.1 Å². The summed E-state index contributed by atoms with van der Waals surface area (Å²) in [6, 6.07) is 27.1. The number of aliphatic carboxylic acids is 1. The molecular formula is C51H40N12O16S4. The molecule has 0 bridgehead atoms. The molecule has 0 fully saturated rings. The van der Waals surface area contributed by atoms with Crippen molar-refractivity contribution in [3.05, 3.63) is 138 Å². The Kier molecular flexibility index (Phi) is 15.7. The molecule has 1 aromatic heterocycles. The van der Waals surface area contributed by atoms with Gasteiger partial charge in [0.05, 0.1) is 51.1 Å². The van der Waals surface area contributed by atoms with Crippen LogP contribution in [0.15, 0.2) is 182 Å². The van der Waals surface area contributed by atoms with Gasteiger partial charge in [0, 0.05) is 28.3 Å². The number of amides is 1. The number of anilines is 1. The molecule has 9 aromatic rings. The molecule has 0 saturated heterocycles. The molecule has 0 aliphatic carbocycles. The number of fused-ring (bicyclic) bond motifs is 4. The Morgan fingerprint density at radius 1 is 0.494 bits per heavy atom. The zero-order valence-electron chi connectivity index (χ0n) is 42.8. The fourth-order valence-corrected chi connectivity index (χ4v) is 10.8. The topological polar surface area (TPSA) is 434 Å². The Morgan fingerprint density at radius 2 is 1.04 bits per heavy atom. The number of carbonyl (C=O) groups is 2. The number of hydrogen-bond donors (Lipinski definition) is 7. The third-order valence-corrected chi connectivity index (χ3v) is 15.7. The van der Waals surface area contributed by atoms with Crippen molar-refractivity contribution in [1.82, 2.24) is 15.0 Å². The van der Waals surface area contributed by atoms with Crippen molar-refractivity contribution >= 4 is 136 Å². The lowest BCUT2D eigenvalue weighted by atomic mass is 10.1. The van der Waals surface area contributed by atoms with Crippen molar-refractivity contribution < 1.29 is 71.7 Å². The van der Waals surface area contributed by atoms with Crippen molar-refractivity contribution in [3.8, 4) is 11.4 Å². The molecule has 32 heteroatoms. The average molecular weight is 1210 g/mol. The van der Waals surface area contributed by atoms with Gasteiger partial charge in [-0.2, -0.15) is 69.5 Å². The summed E-state index contributed by atoms with van der Waals surface area (Å²) >= 11 is 0. The minimum absolute atomic E-state index is 0.00814. The highest BCUT2D eigenvalue weighted by Gasteiger charge is 2.26. The zero-order valence-corrected chi connectivity index (χ0v) is 46.0. The van der Waals surface area contributed by atoms with Crippen molar-refractivity contribution in [1.29, 1.82) is 0 Å². The third kappa shape index (κ3) is 13.1. The Morgan fingerprint density at radius 3 is 1.66 bits per heavy atom. The second-order valence-corrected chi connectivity index (χ2v) is 23.7. The number of carbonyl (C=O) groups excluding carboxylic acids is 1. The molecule has 0 aliphatic heterocycles. The molecule has 0 atom stereocenters. The molecule has 0 spiro atoms. The molecule has 0 aliphatic rings. The van der Waals surface area contributed by atoms with Gasteiger partial charge in [0.1, 0.15) is 37.1 Å². The second-order valence-electron chi connectivity index (χ2n) is 18.2. The van der Waals surface area contributed by atoms with E-state index in [0.29, 0.717) is 51.2 Å². The molecule has 9 rings (SSSR count). The van der Waals surface area contributed by atoms with Crippen LogP contribution in [0, 0.1) is 20.8 Å². The number of rotatable bonds is 17. The van der Waals surface area contributed by atoms with Crippen LogP contribution in [0.3, 0.4) is 0 Å². The van der Waals surface area contributed by atoms with Gasteiger partial charge >= 0.3 is 5.97 Å². The first-order valence-corrected chi connectivity index (χ1v) is 29.4. The SMILES string of the molecule is Cc1cc(N=Nc2cc(C)c(N=Nc3c(S(=O)(=O)O)cc4cc(N=Nc5ccc(NC(=O)CCC(=O)O)cc5)ccc4c3O)cc2C)ccc1N=Nc1ccc(-n2nc3ccc4c(S(=O)(=O)O)cc(S(=O)(=O)O)cc4c3n2)c(S(=O)(=O)O)c1. The minimum Gasteiger partial charge on any atom is -0.505 e. The van der Waals surface area contributed by atoms with E-state index in [0.717, 1.165) is 23.0 Å². The van der Waals surface area contributed by atoms with Crippen LogP contribution in [0.1, 0.15) is 29.5 Å². The molecule has 0 unspecified atom stereocenters. The molecule has 1 amide bonds. The van der Waals surface area contributed by atoms with Gasteiger partial charge in [-0.1, -0.05) is 6.07 Å². The number of azo groups is 4. The van der Waals surface area contributed by atoms with Crippen molar-refractivity contribution in [2.45, 2.75) is 53.2 Å². The fraction of sp³-hybridized carbons (Fsp3) is 0.0980. The first-order valence-electron chi connectivity index (χ1n) is 23.7. The standard InChI is InChI=1S/C51H40N12O16S4/c1-26-18-32(9-13-39(26)57-56-34-10-15-43(45(23-34)82(74,75)76)63-61-40-14-12-37-38(49(40)62-63)24-35(80(68,69)70)25-44(37)81(71,72)73)55-58-41-19-28(3)42(20-27(41)2)59-60-50-46(83(77,78)79)22-29-21-33(8-11-36(29)51(50)67)54-53-31-6-4-30(5-7-31)52-47(64)16-17-48(65)66/h4-15,18-25,67H,16-17H2,1-3H3,(H,52,64)(H,65,66)(H,68,69,70)(H,71,72,73)(H,74,75,76)(H,77,78,79). The number of aromatic nitrogens is 3. The normalized spacial score (nSPS) is 12.8. The van der Waals surface area contributed by atoms with Crippen LogP contribution in [-0.4, -0.2) is 89.0 Å². The van der Waals surface area contributed by atoms with Crippen molar-refractivity contribution in [3.63, 3.8) is 0 Å². The summed E-state index contributed by atoms with van der Waals surface area (Å²) in [6.45, 7) is 5.08. The third-order valence-electron chi connectivity index (χ3n) is 12.2. The van der Waals surface area contributed by atoms with Crippen LogP contribution in [0.2, 0.25) is 0 Å². The lowest BCUT2D eigenvalue weighted by Crippen LogP contribution is -2.12. The number of nitrogens with zero attached hydrogens (tertiary/aromatic N) is 11. The molecule has 0 radical (unpaired) electrons. The maximum Gasteiger partial charge on any atom is 0.303 e. The maximum atomic E-state index is 12.7. The molecular weight excluding hydrogens is 1160 g/mol. The van der Waals surface area contributed by atoms with E-state index in [4.69, 9.17) is 5.11 Å². The summed E-state index contributed by atoms with van der Waals surface area (Å²) in [4.78, 5) is 20.2. The summed E-state index contributed by atoms with van der Waals surface area (Å²) < 4.78 is 139. The number of carboxylic acids is 1. The van der Waals surface area contributed by atoms with E-state index in [9.17, 15) is 66.6 Å². The van der Waals surface area contributed by atoms with Crippen LogP contribution < -0.4 is 5.32 Å². The van der Waals surface area contributed by atoms with Gasteiger partial charge in [0.15, 0.2) is 5.75 Å². The van der Waals surface area contributed by atoms with Crippen molar-refractivity contribution in [2.75, 3.05) is 5.32 Å². The average Bonchev–Trinajstić information content (AvgIpc) is 3.57. The van der Waals surface area contributed by atoms with Gasteiger partial charge < -0.3 is 15.5 Å². The monoisotopic (exact) mass is 1200 g/mol. The number of carboxylic acid groups (broad SMARTS) is 1. The zero-order chi connectivity index (χ0) is 59.9. The lowest BCUT2D eigenvalue weighted by Gasteiger charge is -2.10. The van der Waals surface area contributed by atoms with Crippen molar-refractivity contribution in [2.24, 2.45) is 40.9 Å². The molecule has 0 saturated carbocycles. The smallest absolute Gasteiger partial charge is 0.303 e. The lowest BCUT2D eigenvalue weighted by molar-refractivity contribution is -0.138. The van der Waals surface area contributed by atoms with Gasteiger partial charge in [0.2, 0.25) is 5.91 Å². The van der Waals surface area contributed by atoms with Crippen LogP contribution >= 0.6 is 0 Å². The number of phenols is 1. The van der Waals surface area contributed by atoms with E-state index >= 15 is 0 Å². The highest BCUT2D eigenvalue weighted by molar-refractivity contribution is 7.87. The number of aromatic hydroxyl groups is 1. The van der Waals surface area contributed by atoms with Crippen LogP contribution in [0.5, 0.6) is 5.75 Å². The van der Waals surface area contributed by atoms with E-state index in [1.165, 1.54) is 42.5 Å². The highest BCUT2D eigenvalue weighted by atomic mass is 32.2. The van der Waals surface area contributed by atoms with E-state index in [1.807, 2.05) is 0 Å². The van der Waals surface area contributed by atoms with E-state index in [2.05, 4.69) is 56.4 Å². The van der Waals surface area contributed by atoms with E-state index < -0.39 is 83.4 Å². The summed E-state index contributed by atoms with van der Waals surface area (Å²) in [5.74, 6) is -2.18. The summed E-state index contributed by atoms with van der Waals surface area (Å²) in [7, 11) is -20.1. The summed E-state index contributed by atoms with van der Waals surface area (Å²) in [5, 5.41) is 64.7.